The lowest BCUT2D eigenvalue weighted by Gasteiger charge is -2.23. The molecule has 5 heteroatoms. The van der Waals surface area contributed by atoms with Gasteiger partial charge in [0.25, 0.3) is 0 Å². The highest BCUT2D eigenvalue weighted by Crippen LogP contribution is 2.17. The number of methoxy groups -OCH3 is 2. The smallest absolute Gasteiger partial charge is 0.177 e. The first-order valence-electron chi connectivity index (χ1n) is 4.25. The van der Waals surface area contributed by atoms with Gasteiger partial charge in [0.1, 0.15) is 0 Å². The maximum atomic E-state index is 5.42. The van der Waals surface area contributed by atoms with Gasteiger partial charge in [-0.2, -0.15) is 0 Å². The van der Waals surface area contributed by atoms with Gasteiger partial charge < -0.3 is 9.47 Å². The molecule has 1 aromatic heterocycles. The van der Waals surface area contributed by atoms with Gasteiger partial charge in [0.2, 0.25) is 0 Å². The van der Waals surface area contributed by atoms with Crippen molar-refractivity contribution in [1.29, 1.82) is 0 Å². The first-order chi connectivity index (χ1) is 6.83. The second kappa shape index (κ2) is 5.66. The quantitative estimate of drug-likeness (QED) is 0.401. The fourth-order valence-electron chi connectivity index (χ4n) is 1.26. The lowest BCUT2D eigenvalue weighted by molar-refractivity contribution is -0.124. The standard InChI is InChI=1S/C9H15N3O2/c1-13-9(14-2)8(12-10)7-4-3-5-11-6-7/h3-6,8-9,12H,10H2,1-2H3. The van der Waals surface area contributed by atoms with E-state index in [9.17, 15) is 0 Å². The molecular weight excluding hydrogens is 182 g/mol. The molecule has 0 fully saturated rings. The third-order valence-corrected chi connectivity index (χ3v) is 1.96. The molecule has 0 bridgehead atoms. The molecule has 1 heterocycles. The Kier molecular flexibility index (Phi) is 4.48. The fourth-order valence-corrected chi connectivity index (χ4v) is 1.26. The molecule has 1 aromatic rings. The van der Waals surface area contributed by atoms with Gasteiger partial charge in [-0.05, 0) is 11.6 Å². The van der Waals surface area contributed by atoms with Gasteiger partial charge in [-0.1, -0.05) is 6.07 Å². The van der Waals surface area contributed by atoms with Crippen LogP contribution in [0, 0.1) is 0 Å². The van der Waals surface area contributed by atoms with Gasteiger partial charge >= 0.3 is 0 Å². The Labute approximate surface area is 83.2 Å². The number of nitrogens with two attached hydrogens (primary N) is 1. The maximum Gasteiger partial charge on any atom is 0.177 e. The van der Waals surface area contributed by atoms with E-state index >= 15 is 0 Å². The van der Waals surface area contributed by atoms with E-state index < -0.39 is 6.29 Å². The molecule has 3 N–H and O–H groups in total. The Morgan fingerprint density at radius 1 is 1.43 bits per heavy atom. The molecule has 0 amide bonds. The maximum absolute atomic E-state index is 5.42. The van der Waals surface area contributed by atoms with Crippen LogP contribution in [-0.2, 0) is 9.47 Å². The van der Waals surface area contributed by atoms with Crippen LogP contribution in [0.4, 0.5) is 0 Å². The summed E-state index contributed by atoms with van der Waals surface area (Å²) in [6.07, 6.45) is 2.99. The Morgan fingerprint density at radius 3 is 2.57 bits per heavy atom. The van der Waals surface area contributed by atoms with Crippen molar-refractivity contribution in [3.05, 3.63) is 30.1 Å². The minimum Gasteiger partial charge on any atom is -0.354 e. The van der Waals surface area contributed by atoms with Crippen molar-refractivity contribution >= 4 is 0 Å². The predicted octanol–water partition coefficient (Wildman–Crippen LogP) is 0.205. The normalized spacial score (nSPS) is 13.1. The highest BCUT2D eigenvalue weighted by molar-refractivity contribution is 5.14. The van der Waals surface area contributed by atoms with Crippen LogP contribution in [0.3, 0.4) is 0 Å². The Morgan fingerprint density at radius 2 is 2.14 bits per heavy atom. The lowest BCUT2D eigenvalue weighted by atomic mass is 10.1. The van der Waals surface area contributed by atoms with Crippen LogP contribution in [0.2, 0.25) is 0 Å². The molecule has 1 rings (SSSR count). The van der Waals surface area contributed by atoms with Gasteiger partial charge in [-0.25, -0.2) is 5.43 Å². The monoisotopic (exact) mass is 197 g/mol. The van der Waals surface area contributed by atoms with Crippen molar-refractivity contribution in [2.75, 3.05) is 14.2 Å². The first kappa shape index (κ1) is 11.1. The van der Waals surface area contributed by atoms with E-state index in [2.05, 4.69) is 10.4 Å². The first-order valence-corrected chi connectivity index (χ1v) is 4.25. The summed E-state index contributed by atoms with van der Waals surface area (Å²) in [5.74, 6) is 5.42. The van der Waals surface area contributed by atoms with Crippen LogP contribution in [-0.4, -0.2) is 25.5 Å². The zero-order chi connectivity index (χ0) is 10.4. The van der Waals surface area contributed by atoms with Gasteiger partial charge in [0.05, 0.1) is 6.04 Å². The van der Waals surface area contributed by atoms with E-state index in [1.165, 1.54) is 0 Å². The third kappa shape index (κ3) is 2.49. The largest absolute Gasteiger partial charge is 0.354 e. The lowest BCUT2D eigenvalue weighted by Crippen LogP contribution is -2.38. The highest BCUT2D eigenvalue weighted by atomic mass is 16.7. The molecule has 0 aliphatic heterocycles. The Balaban J connectivity index is 2.81. The van der Waals surface area contributed by atoms with E-state index in [-0.39, 0.29) is 6.04 Å². The predicted molar refractivity (Wildman–Crippen MR) is 52.1 cm³/mol. The summed E-state index contributed by atoms with van der Waals surface area (Å²) < 4.78 is 10.2. The number of hydrogen-bond acceptors (Lipinski definition) is 5. The van der Waals surface area contributed by atoms with Crippen LogP contribution in [0.25, 0.3) is 0 Å². The van der Waals surface area contributed by atoms with Gasteiger partial charge in [-0.15, -0.1) is 0 Å². The molecule has 0 spiro atoms. The van der Waals surface area contributed by atoms with Crippen molar-refractivity contribution in [2.24, 2.45) is 5.84 Å². The molecule has 0 radical (unpaired) electrons. The number of nitrogens with zero attached hydrogens (tertiary/aromatic N) is 1. The summed E-state index contributed by atoms with van der Waals surface area (Å²) in [4.78, 5) is 4.00. The summed E-state index contributed by atoms with van der Waals surface area (Å²) in [5, 5.41) is 0. The van der Waals surface area contributed by atoms with E-state index in [1.807, 2.05) is 12.1 Å². The molecule has 0 aromatic carbocycles. The van der Waals surface area contributed by atoms with E-state index in [4.69, 9.17) is 15.3 Å². The minimum absolute atomic E-state index is 0.223. The summed E-state index contributed by atoms with van der Waals surface area (Å²) in [6, 6.07) is 3.52. The van der Waals surface area contributed by atoms with Crippen molar-refractivity contribution < 1.29 is 9.47 Å². The van der Waals surface area contributed by atoms with Crippen LogP contribution in [0.1, 0.15) is 11.6 Å². The second-order valence-corrected chi connectivity index (χ2v) is 2.77. The molecular formula is C9H15N3O2. The van der Waals surface area contributed by atoms with Crippen LogP contribution >= 0.6 is 0 Å². The average molecular weight is 197 g/mol. The zero-order valence-corrected chi connectivity index (χ0v) is 8.31. The fraction of sp³-hybridized carbons (Fsp3) is 0.444. The topological polar surface area (TPSA) is 69.4 Å². The zero-order valence-electron chi connectivity index (χ0n) is 8.31. The van der Waals surface area contributed by atoms with E-state index in [1.54, 1.807) is 26.6 Å². The Bertz CT molecular complexity index is 251. The summed E-state index contributed by atoms with van der Waals surface area (Å²) in [7, 11) is 3.13. The van der Waals surface area contributed by atoms with Crippen LogP contribution in [0.5, 0.6) is 0 Å². The summed E-state index contributed by atoms with van der Waals surface area (Å²) in [5.41, 5.74) is 3.55. The van der Waals surface area contributed by atoms with Crippen molar-refractivity contribution in [1.82, 2.24) is 10.4 Å². The number of aromatic nitrogens is 1. The van der Waals surface area contributed by atoms with Crippen molar-refractivity contribution in [3.8, 4) is 0 Å². The number of hydrazine groups is 1. The molecule has 0 saturated heterocycles. The van der Waals surface area contributed by atoms with Gasteiger partial charge in [0.15, 0.2) is 6.29 Å². The number of ether oxygens (including phenoxy) is 2. The number of rotatable bonds is 5. The second-order valence-electron chi connectivity index (χ2n) is 2.77. The van der Waals surface area contributed by atoms with Crippen molar-refractivity contribution in [2.45, 2.75) is 12.3 Å². The SMILES string of the molecule is COC(OC)C(NN)c1cccnc1. The van der Waals surface area contributed by atoms with Crippen LogP contribution in [0.15, 0.2) is 24.5 Å². The minimum atomic E-state index is -0.427. The molecule has 5 nitrogen and oxygen atoms in total. The van der Waals surface area contributed by atoms with E-state index in [0.717, 1.165) is 5.56 Å². The molecule has 1 unspecified atom stereocenters. The molecule has 0 saturated carbocycles. The molecule has 0 aliphatic rings. The summed E-state index contributed by atoms with van der Waals surface area (Å²) in [6.45, 7) is 0. The highest BCUT2D eigenvalue weighted by Gasteiger charge is 2.21. The number of pyridine rings is 1. The van der Waals surface area contributed by atoms with Crippen molar-refractivity contribution in [3.63, 3.8) is 0 Å². The van der Waals surface area contributed by atoms with Crippen LogP contribution < -0.4 is 11.3 Å². The summed E-state index contributed by atoms with van der Waals surface area (Å²) >= 11 is 0. The number of nitrogens with one attached hydrogen (secondary N) is 1. The average Bonchev–Trinajstić information content (AvgIpc) is 2.27. The third-order valence-electron chi connectivity index (χ3n) is 1.96. The molecule has 0 aliphatic carbocycles. The van der Waals surface area contributed by atoms with Gasteiger partial charge in [-0.3, -0.25) is 10.8 Å². The molecule has 1 atom stereocenters. The van der Waals surface area contributed by atoms with E-state index in [0.29, 0.717) is 0 Å². The number of hydrogen-bond donors (Lipinski definition) is 2. The molecule has 78 valence electrons. The Hall–Kier alpha value is -1.01. The van der Waals surface area contributed by atoms with Gasteiger partial charge in [0, 0.05) is 26.6 Å². The molecule has 14 heavy (non-hydrogen) atoms.